The first kappa shape index (κ1) is 18.8. The molecule has 2 aromatic carbocycles. The van der Waals surface area contributed by atoms with Crippen molar-refractivity contribution < 1.29 is 27.9 Å². The van der Waals surface area contributed by atoms with Gasteiger partial charge in [-0.2, -0.15) is 0 Å². The summed E-state index contributed by atoms with van der Waals surface area (Å²) < 4.78 is 41.8. The van der Waals surface area contributed by atoms with E-state index in [9.17, 15) is 22.8 Å². The lowest BCUT2D eigenvalue weighted by Crippen LogP contribution is -2.31. The third-order valence-electron chi connectivity index (χ3n) is 3.79. The number of carbonyl (C=O) groups excluding carboxylic acids is 1. The molecule has 5 nitrogen and oxygen atoms in total. The van der Waals surface area contributed by atoms with Crippen LogP contribution in [-0.2, 0) is 16.1 Å². The molecule has 0 saturated heterocycles. The number of benzene rings is 2. The Hall–Kier alpha value is -2.94. The number of aliphatic carboxylic acids is 1. The predicted molar refractivity (Wildman–Crippen MR) is 94.0 cm³/mol. The van der Waals surface area contributed by atoms with Crippen molar-refractivity contribution in [3.05, 3.63) is 58.9 Å². The van der Waals surface area contributed by atoms with Crippen molar-refractivity contribution in [1.29, 1.82) is 0 Å². The first-order valence-corrected chi connectivity index (χ1v) is 8.68. The van der Waals surface area contributed by atoms with Gasteiger partial charge in [0.15, 0.2) is 11.6 Å². The van der Waals surface area contributed by atoms with Gasteiger partial charge in [0.25, 0.3) is 0 Å². The molecular formula is C18H13F3N2O3S. The lowest BCUT2D eigenvalue weighted by Gasteiger charge is -2.22. The number of nitrogens with zero attached hydrogens (tertiary/aromatic N) is 2. The summed E-state index contributed by atoms with van der Waals surface area (Å²) in [6.07, 6.45) is -0.749. The molecule has 1 heterocycles. The van der Waals surface area contributed by atoms with E-state index in [2.05, 4.69) is 4.98 Å². The fourth-order valence-electron chi connectivity index (χ4n) is 2.51. The molecule has 3 aromatic rings. The van der Waals surface area contributed by atoms with Crippen molar-refractivity contribution >= 4 is 39.1 Å². The largest absolute Gasteiger partial charge is 0.481 e. The van der Waals surface area contributed by atoms with Gasteiger partial charge in [0.2, 0.25) is 5.91 Å². The van der Waals surface area contributed by atoms with Crippen molar-refractivity contribution in [2.24, 2.45) is 0 Å². The zero-order valence-electron chi connectivity index (χ0n) is 13.8. The Balaban J connectivity index is 1.96. The van der Waals surface area contributed by atoms with Crippen LogP contribution >= 0.6 is 11.3 Å². The lowest BCUT2D eigenvalue weighted by atomic mass is 10.2. The number of carboxylic acids is 1. The van der Waals surface area contributed by atoms with E-state index in [4.69, 9.17) is 5.11 Å². The van der Waals surface area contributed by atoms with Crippen LogP contribution < -0.4 is 4.90 Å². The molecule has 0 aliphatic carbocycles. The maximum Gasteiger partial charge on any atom is 0.303 e. The van der Waals surface area contributed by atoms with Crippen molar-refractivity contribution in [3.63, 3.8) is 0 Å². The number of thiazole rings is 1. The maximum absolute atomic E-state index is 14.2. The SMILES string of the molecule is O=C(O)CCC(=O)N(Cc1nc2c(F)c(F)ccc2s1)c1ccccc1F. The lowest BCUT2D eigenvalue weighted by molar-refractivity contribution is -0.138. The first-order chi connectivity index (χ1) is 12.9. The molecule has 1 aromatic heterocycles. The smallest absolute Gasteiger partial charge is 0.303 e. The molecule has 9 heteroatoms. The van der Waals surface area contributed by atoms with Gasteiger partial charge in [-0.3, -0.25) is 9.59 Å². The molecule has 0 bridgehead atoms. The summed E-state index contributed by atoms with van der Waals surface area (Å²) in [7, 11) is 0. The second-order valence-corrected chi connectivity index (χ2v) is 6.76. The van der Waals surface area contributed by atoms with E-state index in [0.717, 1.165) is 22.3 Å². The zero-order valence-corrected chi connectivity index (χ0v) is 14.6. The van der Waals surface area contributed by atoms with E-state index in [1.54, 1.807) is 0 Å². The molecule has 0 fully saturated rings. The molecule has 1 N–H and O–H groups in total. The second-order valence-electron chi connectivity index (χ2n) is 5.64. The van der Waals surface area contributed by atoms with E-state index in [1.165, 1.54) is 30.3 Å². The summed E-state index contributed by atoms with van der Waals surface area (Å²) in [5, 5.41) is 9.04. The van der Waals surface area contributed by atoms with Crippen LogP contribution in [-0.4, -0.2) is 22.0 Å². The number of carboxylic acid groups (broad SMARTS) is 1. The number of anilines is 1. The Bertz CT molecular complexity index is 1020. The molecule has 0 spiro atoms. The number of rotatable bonds is 6. The third-order valence-corrected chi connectivity index (χ3v) is 4.79. The van der Waals surface area contributed by atoms with Gasteiger partial charge in [-0.1, -0.05) is 12.1 Å². The van der Waals surface area contributed by atoms with E-state index in [-0.39, 0.29) is 29.2 Å². The highest BCUT2D eigenvalue weighted by Gasteiger charge is 2.22. The minimum Gasteiger partial charge on any atom is -0.481 e. The zero-order chi connectivity index (χ0) is 19.6. The van der Waals surface area contributed by atoms with Gasteiger partial charge in [-0.25, -0.2) is 18.2 Å². The van der Waals surface area contributed by atoms with Gasteiger partial charge in [0.1, 0.15) is 16.3 Å². The van der Waals surface area contributed by atoms with Crippen LogP contribution in [0, 0.1) is 17.5 Å². The molecule has 0 saturated carbocycles. The van der Waals surface area contributed by atoms with Crippen molar-refractivity contribution in [2.75, 3.05) is 4.90 Å². The Morgan fingerprint density at radius 1 is 1.04 bits per heavy atom. The third kappa shape index (κ3) is 4.08. The number of para-hydroxylation sites is 1. The Labute approximate surface area is 155 Å². The molecule has 0 aliphatic rings. The van der Waals surface area contributed by atoms with Crippen LogP contribution in [0.2, 0.25) is 0 Å². The summed E-state index contributed by atoms with van der Waals surface area (Å²) in [4.78, 5) is 28.3. The number of aromatic nitrogens is 1. The molecule has 3 rings (SSSR count). The summed E-state index contributed by atoms with van der Waals surface area (Å²) in [5.41, 5.74) is -0.208. The number of halogens is 3. The first-order valence-electron chi connectivity index (χ1n) is 7.87. The van der Waals surface area contributed by atoms with Gasteiger partial charge in [0.05, 0.1) is 23.4 Å². The molecule has 27 heavy (non-hydrogen) atoms. The monoisotopic (exact) mass is 394 g/mol. The second kappa shape index (κ2) is 7.75. The van der Waals surface area contributed by atoms with Crippen molar-refractivity contribution in [3.8, 4) is 0 Å². The summed E-state index contributed by atoms with van der Waals surface area (Å²) in [6, 6.07) is 7.88. The van der Waals surface area contributed by atoms with E-state index in [0.29, 0.717) is 4.70 Å². The Morgan fingerprint density at radius 3 is 2.48 bits per heavy atom. The summed E-state index contributed by atoms with van der Waals surface area (Å²) in [6.45, 7) is -0.195. The minimum absolute atomic E-state index is 0.0428. The highest BCUT2D eigenvalue weighted by Crippen LogP contribution is 2.29. The quantitative estimate of drug-likeness (QED) is 0.683. The van der Waals surface area contributed by atoms with Gasteiger partial charge < -0.3 is 10.0 Å². The molecule has 0 atom stereocenters. The van der Waals surface area contributed by atoms with E-state index < -0.39 is 35.7 Å². The van der Waals surface area contributed by atoms with Crippen LogP contribution in [0.15, 0.2) is 36.4 Å². The molecule has 1 amide bonds. The molecule has 0 unspecified atom stereocenters. The number of hydrogen-bond acceptors (Lipinski definition) is 4. The highest BCUT2D eigenvalue weighted by atomic mass is 32.1. The van der Waals surface area contributed by atoms with Crippen LogP contribution in [0.1, 0.15) is 17.8 Å². The topological polar surface area (TPSA) is 70.5 Å². The highest BCUT2D eigenvalue weighted by molar-refractivity contribution is 7.18. The fraction of sp³-hybridized carbons (Fsp3) is 0.167. The van der Waals surface area contributed by atoms with Gasteiger partial charge >= 0.3 is 5.97 Å². The average Bonchev–Trinajstić information content (AvgIpc) is 3.05. The molecule has 0 radical (unpaired) electrons. The molecule has 0 aliphatic heterocycles. The van der Waals surface area contributed by atoms with Gasteiger partial charge in [-0.05, 0) is 24.3 Å². The number of hydrogen-bond donors (Lipinski definition) is 1. The van der Waals surface area contributed by atoms with Gasteiger partial charge in [-0.15, -0.1) is 11.3 Å². The van der Waals surface area contributed by atoms with Crippen LogP contribution in [0.25, 0.3) is 10.2 Å². The minimum atomic E-state index is -1.16. The number of carbonyl (C=O) groups is 2. The number of amides is 1. The number of fused-ring (bicyclic) bond motifs is 1. The summed E-state index contributed by atoms with van der Waals surface area (Å²) >= 11 is 1.04. The van der Waals surface area contributed by atoms with Crippen LogP contribution in [0.3, 0.4) is 0 Å². The fourth-order valence-corrected chi connectivity index (χ4v) is 3.47. The van der Waals surface area contributed by atoms with E-state index in [1.807, 2.05) is 0 Å². The standard InChI is InChI=1S/C18H13F3N2O3S/c19-10-3-1-2-4-12(10)23(15(24)7-8-16(25)26)9-14-22-18-13(27-14)6-5-11(20)17(18)21/h1-6H,7-9H2,(H,25,26). The Morgan fingerprint density at radius 2 is 1.78 bits per heavy atom. The van der Waals surface area contributed by atoms with E-state index >= 15 is 0 Å². The summed E-state index contributed by atoms with van der Waals surface area (Å²) in [5.74, 6) is -4.57. The average molecular weight is 394 g/mol. The maximum atomic E-state index is 14.2. The van der Waals surface area contributed by atoms with Crippen molar-refractivity contribution in [1.82, 2.24) is 4.98 Å². The Kier molecular flexibility index (Phi) is 5.41. The van der Waals surface area contributed by atoms with Crippen LogP contribution in [0.5, 0.6) is 0 Å². The predicted octanol–water partition coefficient (Wildman–Crippen LogP) is 4.11. The van der Waals surface area contributed by atoms with Gasteiger partial charge in [0, 0.05) is 6.42 Å². The normalized spacial score (nSPS) is 10.9. The van der Waals surface area contributed by atoms with Crippen molar-refractivity contribution in [2.45, 2.75) is 19.4 Å². The van der Waals surface area contributed by atoms with Crippen LogP contribution in [0.4, 0.5) is 18.9 Å². The molecule has 140 valence electrons. The molecular weight excluding hydrogens is 381 g/mol.